The lowest BCUT2D eigenvalue weighted by atomic mass is 10.1. The van der Waals surface area contributed by atoms with Gasteiger partial charge in [0.25, 0.3) is 0 Å². The quantitative estimate of drug-likeness (QED) is 0.402. The monoisotopic (exact) mass is 392 g/mol. The maximum atomic E-state index is 10.8. The first-order valence-corrected chi connectivity index (χ1v) is 8.14. The minimum atomic E-state index is -0.275. The molecular weight excluding hydrogens is 368 g/mol. The Kier molecular flexibility index (Phi) is 6.78. The zero-order valence-electron chi connectivity index (χ0n) is 16.7. The van der Waals surface area contributed by atoms with Gasteiger partial charge >= 0.3 is 0 Å². The van der Waals surface area contributed by atoms with Crippen molar-refractivity contribution in [3.05, 3.63) is 29.8 Å². The van der Waals surface area contributed by atoms with Crippen LogP contribution in [0.4, 0.5) is 5.69 Å². The molecule has 0 aliphatic carbocycles. The lowest BCUT2D eigenvalue weighted by Gasteiger charge is -2.24. The van der Waals surface area contributed by atoms with Crippen LogP contribution < -0.4 is 33.5 Å². The number of anilines is 1. The lowest BCUT2D eigenvalue weighted by Crippen LogP contribution is -2.28. The van der Waals surface area contributed by atoms with Crippen LogP contribution >= 0.6 is 0 Å². The third-order valence-corrected chi connectivity index (χ3v) is 4.08. The van der Waals surface area contributed by atoms with Crippen LogP contribution in [0.2, 0.25) is 0 Å². The number of methoxy groups -OCH3 is 6. The van der Waals surface area contributed by atoms with Gasteiger partial charge in [-0.3, -0.25) is 10.6 Å². The second-order valence-corrected chi connectivity index (χ2v) is 5.40. The van der Waals surface area contributed by atoms with Crippen LogP contribution in [0, 0.1) is 5.41 Å². The molecule has 152 valence electrons. The number of nitrogens with one attached hydrogen (secondary N) is 1. The molecule has 0 bridgehead atoms. The molecule has 0 unspecified atom stereocenters. The molecule has 9 heteroatoms. The van der Waals surface area contributed by atoms with E-state index in [1.54, 1.807) is 24.3 Å². The Morgan fingerprint density at radius 2 is 1.14 bits per heavy atom. The highest BCUT2D eigenvalue weighted by molar-refractivity contribution is 6.09. The van der Waals surface area contributed by atoms with Crippen molar-refractivity contribution in [3.8, 4) is 34.5 Å². The summed E-state index contributed by atoms with van der Waals surface area (Å²) >= 11 is 0. The molecule has 2 N–H and O–H groups in total. The van der Waals surface area contributed by atoms with Crippen LogP contribution in [0.15, 0.2) is 24.3 Å². The van der Waals surface area contributed by atoms with Crippen molar-refractivity contribution in [1.29, 1.82) is 5.41 Å². The van der Waals surface area contributed by atoms with Crippen molar-refractivity contribution >= 4 is 11.5 Å². The van der Waals surface area contributed by atoms with Crippen LogP contribution in [-0.4, -0.2) is 53.7 Å². The summed E-state index contributed by atoms with van der Waals surface area (Å²) in [5.41, 5.74) is 0.460. The first-order valence-electron chi connectivity index (χ1n) is 8.14. The van der Waals surface area contributed by atoms with Crippen LogP contribution in [0.1, 0.15) is 5.56 Å². The van der Waals surface area contributed by atoms with Crippen LogP contribution in [-0.2, 0) is 0 Å². The van der Waals surface area contributed by atoms with Gasteiger partial charge in [-0.1, -0.05) is 0 Å². The molecule has 0 aromatic heterocycles. The maximum Gasteiger partial charge on any atom is 0.205 e. The fourth-order valence-corrected chi connectivity index (χ4v) is 2.77. The Hall–Kier alpha value is -3.33. The Morgan fingerprint density at radius 1 is 0.679 bits per heavy atom. The van der Waals surface area contributed by atoms with Gasteiger partial charge in [0.05, 0.1) is 48.2 Å². The number of ether oxygens (including phenoxy) is 6. The van der Waals surface area contributed by atoms with E-state index in [9.17, 15) is 5.21 Å². The number of rotatable bonds is 8. The van der Waals surface area contributed by atoms with Crippen molar-refractivity contribution in [2.75, 3.05) is 47.7 Å². The van der Waals surface area contributed by atoms with Crippen LogP contribution in [0.25, 0.3) is 0 Å². The first kappa shape index (κ1) is 21.0. The van der Waals surface area contributed by atoms with Crippen molar-refractivity contribution in [2.45, 2.75) is 0 Å². The van der Waals surface area contributed by atoms with Gasteiger partial charge in [0.2, 0.25) is 11.5 Å². The maximum absolute atomic E-state index is 10.8. The summed E-state index contributed by atoms with van der Waals surface area (Å²) in [5, 5.41) is 19.9. The van der Waals surface area contributed by atoms with Gasteiger partial charge in [-0.2, -0.15) is 0 Å². The SMILES string of the molecule is COc1ccc(C(=N)N(O)c2ccc(OC)c(OC)c2OC)c(OC)c1OC. The number of hydrogen-bond donors (Lipinski definition) is 2. The molecule has 0 heterocycles. The number of amidine groups is 1. The van der Waals surface area contributed by atoms with Crippen molar-refractivity contribution in [2.24, 2.45) is 0 Å². The molecule has 0 saturated carbocycles. The molecule has 2 aromatic rings. The van der Waals surface area contributed by atoms with E-state index in [4.69, 9.17) is 33.8 Å². The standard InChI is InChI=1S/C19H24N2O7/c1-23-13-9-7-11(15(25-3)17(13)27-5)19(20)21(22)12-8-10-14(24-2)18(28-6)16(12)26-4/h7-10,20,22H,1-6H3. The molecule has 0 aliphatic rings. The summed E-state index contributed by atoms with van der Waals surface area (Å²) in [6, 6.07) is 6.34. The molecule has 2 rings (SSSR count). The minimum absolute atomic E-state index is 0.182. The highest BCUT2D eigenvalue weighted by Crippen LogP contribution is 2.45. The zero-order valence-corrected chi connectivity index (χ0v) is 16.7. The lowest BCUT2D eigenvalue weighted by molar-refractivity contribution is 0.294. The smallest absolute Gasteiger partial charge is 0.205 e. The number of hydrogen-bond acceptors (Lipinski definition) is 8. The average molecular weight is 392 g/mol. The predicted octanol–water partition coefficient (Wildman–Crippen LogP) is 2.96. The predicted molar refractivity (Wildman–Crippen MR) is 103 cm³/mol. The fraction of sp³-hybridized carbons (Fsp3) is 0.316. The number of benzene rings is 2. The average Bonchev–Trinajstić information content (AvgIpc) is 2.75. The molecule has 0 amide bonds. The van der Waals surface area contributed by atoms with Crippen LogP contribution in [0.3, 0.4) is 0 Å². The molecule has 0 aliphatic heterocycles. The van der Waals surface area contributed by atoms with Gasteiger partial charge < -0.3 is 28.4 Å². The summed E-state index contributed by atoms with van der Waals surface area (Å²) < 4.78 is 31.9. The van der Waals surface area contributed by atoms with Gasteiger partial charge in [-0.15, -0.1) is 0 Å². The summed E-state index contributed by atoms with van der Waals surface area (Å²) in [7, 11) is 8.76. The Labute approximate surface area is 163 Å². The molecule has 0 saturated heterocycles. The van der Waals surface area contributed by atoms with E-state index in [-0.39, 0.29) is 34.3 Å². The topological polar surface area (TPSA) is 103 Å². The molecule has 2 aromatic carbocycles. The van der Waals surface area contributed by atoms with Gasteiger partial charge in [-0.05, 0) is 24.3 Å². The highest BCUT2D eigenvalue weighted by atomic mass is 16.5. The highest BCUT2D eigenvalue weighted by Gasteiger charge is 2.26. The van der Waals surface area contributed by atoms with E-state index in [0.717, 1.165) is 0 Å². The van der Waals surface area contributed by atoms with Gasteiger partial charge in [0.1, 0.15) is 5.69 Å². The first-order chi connectivity index (χ1) is 13.5. The molecule has 9 nitrogen and oxygen atoms in total. The summed E-state index contributed by atoms with van der Waals surface area (Å²) in [4.78, 5) is 0. The third-order valence-electron chi connectivity index (χ3n) is 4.08. The fourth-order valence-electron chi connectivity index (χ4n) is 2.77. The number of nitrogens with zero attached hydrogens (tertiary/aromatic N) is 1. The van der Waals surface area contributed by atoms with E-state index in [2.05, 4.69) is 0 Å². The van der Waals surface area contributed by atoms with E-state index < -0.39 is 0 Å². The minimum Gasteiger partial charge on any atom is -0.493 e. The van der Waals surface area contributed by atoms with Crippen molar-refractivity contribution in [1.82, 2.24) is 0 Å². The van der Waals surface area contributed by atoms with E-state index in [1.165, 1.54) is 42.7 Å². The molecule has 0 fully saturated rings. The third kappa shape index (κ3) is 3.56. The van der Waals surface area contributed by atoms with Crippen molar-refractivity contribution < 1.29 is 33.6 Å². The molecule has 0 radical (unpaired) electrons. The van der Waals surface area contributed by atoms with E-state index in [0.29, 0.717) is 22.3 Å². The molecule has 0 spiro atoms. The Morgan fingerprint density at radius 3 is 1.61 bits per heavy atom. The van der Waals surface area contributed by atoms with Gasteiger partial charge in [-0.25, -0.2) is 5.06 Å². The van der Waals surface area contributed by atoms with Crippen LogP contribution in [0.5, 0.6) is 34.5 Å². The normalized spacial score (nSPS) is 10.1. The van der Waals surface area contributed by atoms with E-state index in [1.807, 2.05) is 0 Å². The summed E-state index contributed by atoms with van der Waals surface area (Å²) in [6.45, 7) is 0. The van der Waals surface area contributed by atoms with Gasteiger partial charge in [0, 0.05) is 0 Å². The molecular formula is C19H24N2O7. The zero-order chi connectivity index (χ0) is 20.8. The molecule has 28 heavy (non-hydrogen) atoms. The molecule has 0 atom stereocenters. The Bertz CT molecular complexity index is 855. The largest absolute Gasteiger partial charge is 0.493 e. The Balaban J connectivity index is 2.57. The number of hydroxylamine groups is 1. The summed E-state index contributed by atoms with van der Waals surface area (Å²) in [6.07, 6.45) is 0. The summed E-state index contributed by atoms with van der Waals surface area (Å²) in [5.74, 6) is 1.62. The van der Waals surface area contributed by atoms with E-state index >= 15 is 0 Å². The van der Waals surface area contributed by atoms with Gasteiger partial charge in [0.15, 0.2) is 28.8 Å². The van der Waals surface area contributed by atoms with Crippen molar-refractivity contribution in [3.63, 3.8) is 0 Å². The second-order valence-electron chi connectivity index (χ2n) is 5.40. The second kappa shape index (κ2) is 9.05.